The molecular formula is C22H23ClN2O3. The number of nitrogens with one attached hydrogen (secondary N) is 1. The highest BCUT2D eigenvalue weighted by molar-refractivity contribution is 6.31. The summed E-state index contributed by atoms with van der Waals surface area (Å²) in [5.41, 5.74) is 2.96. The summed E-state index contributed by atoms with van der Waals surface area (Å²) in [6.07, 6.45) is 3.95. The number of rotatable bonds is 4. The molecule has 4 rings (SSSR count). The minimum atomic E-state index is 0.0151. The van der Waals surface area contributed by atoms with Gasteiger partial charge in [-0.15, -0.1) is 0 Å². The number of carbonyl (C=O) groups excluding carboxylic acids is 1. The van der Waals surface area contributed by atoms with Crippen molar-refractivity contribution in [3.05, 3.63) is 58.7 Å². The van der Waals surface area contributed by atoms with Gasteiger partial charge in [-0.05, 0) is 48.6 Å². The molecule has 28 heavy (non-hydrogen) atoms. The van der Waals surface area contributed by atoms with Crippen LogP contribution in [0.2, 0.25) is 5.02 Å². The first-order chi connectivity index (χ1) is 13.6. The van der Waals surface area contributed by atoms with E-state index < -0.39 is 0 Å². The Hall–Kier alpha value is -2.66. The molecule has 6 heteroatoms. The molecule has 5 nitrogen and oxygen atoms in total. The van der Waals surface area contributed by atoms with Crippen LogP contribution in [0.25, 0.3) is 10.9 Å². The number of piperidine rings is 1. The van der Waals surface area contributed by atoms with Gasteiger partial charge in [-0.25, -0.2) is 0 Å². The maximum atomic E-state index is 13.0. The summed E-state index contributed by atoms with van der Waals surface area (Å²) in [4.78, 5) is 18.2. The normalized spacial score (nSPS) is 15.0. The Kier molecular flexibility index (Phi) is 5.18. The molecule has 1 aromatic heterocycles. The molecule has 0 atom stereocenters. The number of hydrogen-bond donors (Lipinski definition) is 1. The van der Waals surface area contributed by atoms with Gasteiger partial charge in [0.1, 0.15) is 11.5 Å². The summed E-state index contributed by atoms with van der Waals surface area (Å²) < 4.78 is 10.6. The van der Waals surface area contributed by atoms with Gasteiger partial charge < -0.3 is 19.4 Å². The third kappa shape index (κ3) is 3.54. The van der Waals surface area contributed by atoms with Crippen LogP contribution in [-0.4, -0.2) is 43.1 Å². The predicted molar refractivity (Wildman–Crippen MR) is 111 cm³/mol. The predicted octanol–water partition coefficient (Wildman–Crippen LogP) is 4.86. The third-order valence-corrected chi connectivity index (χ3v) is 5.73. The lowest BCUT2D eigenvalue weighted by Crippen LogP contribution is -2.37. The van der Waals surface area contributed by atoms with E-state index in [1.165, 1.54) is 10.9 Å². The van der Waals surface area contributed by atoms with Crippen LogP contribution in [0.1, 0.15) is 34.7 Å². The van der Waals surface area contributed by atoms with E-state index in [-0.39, 0.29) is 5.91 Å². The lowest BCUT2D eigenvalue weighted by molar-refractivity contribution is 0.0712. The van der Waals surface area contributed by atoms with Gasteiger partial charge in [-0.1, -0.05) is 17.7 Å². The monoisotopic (exact) mass is 398 g/mol. The molecule has 1 aliphatic heterocycles. The Bertz CT molecular complexity index is 984. The number of methoxy groups -OCH3 is 2. The number of aromatic nitrogens is 1. The number of H-pyrrole nitrogens is 1. The first-order valence-electron chi connectivity index (χ1n) is 9.38. The molecule has 146 valence electrons. The van der Waals surface area contributed by atoms with Crippen LogP contribution in [0, 0.1) is 0 Å². The van der Waals surface area contributed by atoms with E-state index in [0.29, 0.717) is 23.0 Å². The van der Waals surface area contributed by atoms with Gasteiger partial charge in [0.25, 0.3) is 5.91 Å². The molecule has 1 amide bonds. The van der Waals surface area contributed by atoms with E-state index in [1.54, 1.807) is 32.4 Å². The molecule has 1 aliphatic rings. The number of benzene rings is 2. The van der Waals surface area contributed by atoms with Crippen LogP contribution in [0.15, 0.2) is 42.6 Å². The van der Waals surface area contributed by atoms with Gasteiger partial charge >= 0.3 is 0 Å². The maximum Gasteiger partial charge on any atom is 0.254 e. The van der Waals surface area contributed by atoms with E-state index in [2.05, 4.69) is 17.2 Å². The summed E-state index contributed by atoms with van der Waals surface area (Å²) in [5.74, 6) is 1.69. The number of aromatic amines is 1. The fourth-order valence-corrected chi connectivity index (χ4v) is 4.14. The Labute approximate surface area is 169 Å². The fourth-order valence-electron chi connectivity index (χ4n) is 3.97. The molecule has 0 unspecified atom stereocenters. The molecule has 2 heterocycles. The smallest absolute Gasteiger partial charge is 0.254 e. The number of likely N-dealkylation sites (tertiary alicyclic amines) is 1. The highest BCUT2D eigenvalue weighted by atomic mass is 35.5. The number of carbonyl (C=O) groups is 1. The van der Waals surface area contributed by atoms with Crippen molar-refractivity contribution in [3.63, 3.8) is 0 Å². The van der Waals surface area contributed by atoms with Gasteiger partial charge in [0.15, 0.2) is 0 Å². The first-order valence-corrected chi connectivity index (χ1v) is 9.75. The number of ether oxygens (including phenoxy) is 2. The summed E-state index contributed by atoms with van der Waals surface area (Å²) in [7, 11) is 3.17. The van der Waals surface area contributed by atoms with Crippen LogP contribution in [0.4, 0.5) is 0 Å². The number of halogens is 1. The van der Waals surface area contributed by atoms with E-state index in [9.17, 15) is 4.79 Å². The second-order valence-corrected chi connectivity index (χ2v) is 7.54. The van der Waals surface area contributed by atoms with E-state index in [1.807, 2.05) is 17.0 Å². The second-order valence-electron chi connectivity index (χ2n) is 7.10. The van der Waals surface area contributed by atoms with Crippen molar-refractivity contribution in [1.82, 2.24) is 9.88 Å². The molecule has 1 fully saturated rings. The Balaban J connectivity index is 1.48. The van der Waals surface area contributed by atoms with Crippen LogP contribution >= 0.6 is 11.6 Å². The summed E-state index contributed by atoms with van der Waals surface area (Å²) in [6.45, 7) is 1.45. The first kappa shape index (κ1) is 18.7. The molecular weight excluding hydrogens is 376 g/mol. The Morgan fingerprint density at radius 2 is 1.75 bits per heavy atom. The largest absolute Gasteiger partial charge is 0.497 e. The molecule has 1 saturated heterocycles. The highest BCUT2D eigenvalue weighted by Gasteiger charge is 2.26. The van der Waals surface area contributed by atoms with Gasteiger partial charge in [0, 0.05) is 46.8 Å². The van der Waals surface area contributed by atoms with Gasteiger partial charge in [0.2, 0.25) is 0 Å². The molecule has 3 aromatic rings. The van der Waals surface area contributed by atoms with Crippen LogP contribution in [0.5, 0.6) is 11.5 Å². The zero-order chi connectivity index (χ0) is 19.7. The molecule has 2 aromatic carbocycles. The zero-order valence-electron chi connectivity index (χ0n) is 16.0. The molecule has 0 spiro atoms. The minimum absolute atomic E-state index is 0.0151. The standard InChI is InChI=1S/C22H23ClN2O3/c1-27-17-9-15(10-18(12-17)28-2)22(26)25-7-5-14(6-8-25)20-13-24-21-11-16(23)3-4-19(20)21/h3-4,9-14,24H,5-8H2,1-2H3. The molecule has 0 bridgehead atoms. The number of amides is 1. The van der Waals surface area contributed by atoms with Crippen molar-refractivity contribution in [2.75, 3.05) is 27.3 Å². The summed E-state index contributed by atoms with van der Waals surface area (Å²) >= 11 is 6.09. The minimum Gasteiger partial charge on any atom is -0.497 e. The molecule has 0 saturated carbocycles. The molecule has 0 aliphatic carbocycles. The molecule has 0 radical (unpaired) electrons. The highest BCUT2D eigenvalue weighted by Crippen LogP contribution is 2.34. The quantitative estimate of drug-likeness (QED) is 0.682. The number of fused-ring (bicyclic) bond motifs is 1. The van der Waals surface area contributed by atoms with Gasteiger partial charge in [0.05, 0.1) is 14.2 Å². The summed E-state index contributed by atoms with van der Waals surface area (Å²) in [5, 5.41) is 1.95. The number of nitrogens with zero attached hydrogens (tertiary/aromatic N) is 1. The summed E-state index contributed by atoms with van der Waals surface area (Å²) in [6, 6.07) is 11.3. The zero-order valence-corrected chi connectivity index (χ0v) is 16.8. The van der Waals surface area contributed by atoms with Gasteiger partial charge in [-0.2, -0.15) is 0 Å². The molecule has 1 N–H and O–H groups in total. The van der Waals surface area contributed by atoms with Crippen LogP contribution < -0.4 is 9.47 Å². The third-order valence-electron chi connectivity index (χ3n) is 5.50. The van der Waals surface area contributed by atoms with Crippen molar-refractivity contribution >= 4 is 28.4 Å². The van der Waals surface area contributed by atoms with Crippen LogP contribution in [0.3, 0.4) is 0 Å². The average molecular weight is 399 g/mol. The van der Waals surface area contributed by atoms with Crippen molar-refractivity contribution < 1.29 is 14.3 Å². The Morgan fingerprint density at radius 1 is 1.07 bits per heavy atom. The second kappa shape index (κ2) is 7.76. The van der Waals surface area contributed by atoms with Crippen molar-refractivity contribution in [2.24, 2.45) is 0 Å². The lowest BCUT2D eigenvalue weighted by Gasteiger charge is -2.32. The van der Waals surface area contributed by atoms with Crippen molar-refractivity contribution in [3.8, 4) is 11.5 Å². The van der Waals surface area contributed by atoms with E-state index in [0.717, 1.165) is 36.5 Å². The lowest BCUT2D eigenvalue weighted by atomic mass is 9.89. The SMILES string of the molecule is COc1cc(OC)cc(C(=O)N2CCC(c3c[nH]c4cc(Cl)ccc34)CC2)c1. The van der Waals surface area contributed by atoms with Gasteiger partial charge in [-0.3, -0.25) is 4.79 Å². The van der Waals surface area contributed by atoms with E-state index >= 15 is 0 Å². The topological polar surface area (TPSA) is 54.6 Å². The van der Waals surface area contributed by atoms with Crippen molar-refractivity contribution in [2.45, 2.75) is 18.8 Å². The van der Waals surface area contributed by atoms with E-state index in [4.69, 9.17) is 21.1 Å². The van der Waals surface area contributed by atoms with Crippen LogP contribution in [-0.2, 0) is 0 Å². The van der Waals surface area contributed by atoms with Crippen molar-refractivity contribution in [1.29, 1.82) is 0 Å². The average Bonchev–Trinajstić information content (AvgIpc) is 3.15. The Morgan fingerprint density at radius 3 is 2.39 bits per heavy atom. The number of hydrogen-bond acceptors (Lipinski definition) is 3. The fraction of sp³-hybridized carbons (Fsp3) is 0.318. The maximum absolute atomic E-state index is 13.0.